The smallest absolute Gasteiger partial charge is 0.251 e. The van der Waals surface area contributed by atoms with E-state index in [4.69, 9.17) is 0 Å². The number of hydrogen-bond donors (Lipinski definition) is 1. The van der Waals surface area contributed by atoms with Crippen molar-refractivity contribution in [3.63, 3.8) is 0 Å². The molecule has 0 spiro atoms. The molecule has 5 nitrogen and oxygen atoms in total. The third-order valence-corrected chi connectivity index (χ3v) is 5.78. The molecule has 0 radical (unpaired) electrons. The summed E-state index contributed by atoms with van der Waals surface area (Å²) in [6, 6.07) is 10.9. The maximum atomic E-state index is 11.7. The average Bonchev–Trinajstić information content (AvgIpc) is 3.03. The summed E-state index contributed by atoms with van der Waals surface area (Å²) < 4.78 is 0. The van der Waals surface area contributed by atoms with Crippen LogP contribution in [-0.4, -0.2) is 46.4 Å². The number of aromatic amines is 1. The summed E-state index contributed by atoms with van der Waals surface area (Å²) in [4.78, 5) is 23.9. The van der Waals surface area contributed by atoms with Crippen LogP contribution >= 0.6 is 0 Å². The first-order valence-corrected chi connectivity index (χ1v) is 9.06. The van der Waals surface area contributed by atoms with Crippen molar-refractivity contribution in [3.8, 4) is 0 Å². The summed E-state index contributed by atoms with van der Waals surface area (Å²) >= 11 is 0. The van der Waals surface area contributed by atoms with E-state index in [9.17, 15) is 4.79 Å². The number of H-pyrrole nitrogens is 1. The van der Waals surface area contributed by atoms with E-state index in [0.717, 1.165) is 31.9 Å². The lowest BCUT2D eigenvalue weighted by atomic mass is 9.88. The van der Waals surface area contributed by atoms with Crippen LogP contribution in [0.5, 0.6) is 0 Å². The molecule has 4 rings (SSSR count). The topological polar surface area (TPSA) is 52.2 Å². The summed E-state index contributed by atoms with van der Waals surface area (Å²) in [5.41, 5.74) is 3.66. The second kappa shape index (κ2) is 6.39. The van der Waals surface area contributed by atoms with Crippen molar-refractivity contribution >= 4 is 0 Å². The summed E-state index contributed by atoms with van der Waals surface area (Å²) in [5, 5.41) is 0. The lowest BCUT2D eigenvalue weighted by Crippen LogP contribution is -2.29. The highest BCUT2D eigenvalue weighted by atomic mass is 16.1. The van der Waals surface area contributed by atoms with E-state index in [0.29, 0.717) is 23.7 Å². The molecule has 1 aromatic carbocycles. The van der Waals surface area contributed by atoms with Gasteiger partial charge < -0.3 is 4.98 Å². The number of aromatic nitrogens is 2. The van der Waals surface area contributed by atoms with Gasteiger partial charge in [-0.2, -0.15) is 0 Å². The molecule has 0 amide bonds. The number of benzene rings is 1. The fourth-order valence-corrected chi connectivity index (χ4v) is 4.82. The van der Waals surface area contributed by atoms with Gasteiger partial charge in [-0.15, -0.1) is 0 Å². The summed E-state index contributed by atoms with van der Waals surface area (Å²) in [7, 11) is 2.25. The first kappa shape index (κ1) is 16.5. The molecule has 2 saturated heterocycles. The Kier molecular flexibility index (Phi) is 4.21. The van der Waals surface area contributed by atoms with Gasteiger partial charge in [-0.05, 0) is 43.9 Å². The predicted octanol–water partition coefficient (Wildman–Crippen LogP) is 2.12. The number of fused-ring (bicyclic) bond motifs is 1. The minimum atomic E-state index is -0.0561. The number of likely N-dealkylation sites (tertiary alicyclic amines) is 2. The quantitative estimate of drug-likeness (QED) is 0.931. The molecule has 3 atom stereocenters. The second-order valence-electron chi connectivity index (χ2n) is 7.68. The van der Waals surface area contributed by atoms with E-state index in [2.05, 4.69) is 58.0 Å². The van der Waals surface area contributed by atoms with E-state index < -0.39 is 0 Å². The standard InChI is InChI=1S/C20H26N4O/c1-13-6-4-5-7-17(13)20-18-12-24(10-15(18)9-23(20)3)11-16-8-19(25)22-14(2)21-16/h4-8,15,18,20H,9-12H2,1-3H3,(H,21,22,25)/t15-,18+,20-/m0/s1. The molecule has 25 heavy (non-hydrogen) atoms. The number of rotatable bonds is 3. The van der Waals surface area contributed by atoms with Gasteiger partial charge in [0.05, 0.1) is 5.69 Å². The van der Waals surface area contributed by atoms with Crippen molar-refractivity contribution in [2.24, 2.45) is 11.8 Å². The van der Waals surface area contributed by atoms with Gasteiger partial charge in [0, 0.05) is 38.3 Å². The number of nitrogens with zero attached hydrogens (tertiary/aromatic N) is 3. The summed E-state index contributed by atoms with van der Waals surface area (Å²) in [5.74, 6) is 2.03. The molecule has 0 unspecified atom stereocenters. The Bertz CT molecular complexity index is 830. The van der Waals surface area contributed by atoms with Crippen LogP contribution in [0.1, 0.15) is 28.7 Å². The van der Waals surface area contributed by atoms with Gasteiger partial charge in [0.1, 0.15) is 5.82 Å². The SMILES string of the molecule is Cc1nc(CN2C[C@@H]3CN(C)[C@@H](c4ccccc4C)[C@@H]3C2)cc(=O)[nH]1. The minimum absolute atomic E-state index is 0.0561. The zero-order chi connectivity index (χ0) is 17.6. The lowest BCUT2D eigenvalue weighted by molar-refractivity contribution is 0.222. The molecule has 1 N–H and O–H groups in total. The first-order valence-electron chi connectivity index (χ1n) is 9.06. The van der Waals surface area contributed by atoms with Crippen molar-refractivity contribution in [2.45, 2.75) is 26.4 Å². The summed E-state index contributed by atoms with van der Waals surface area (Å²) in [6.07, 6.45) is 0. The largest absolute Gasteiger partial charge is 0.311 e. The van der Waals surface area contributed by atoms with E-state index >= 15 is 0 Å². The maximum Gasteiger partial charge on any atom is 0.251 e. The van der Waals surface area contributed by atoms with Gasteiger partial charge in [-0.3, -0.25) is 14.6 Å². The van der Waals surface area contributed by atoms with Gasteiger partial charge >= 0.3 is 0 Å². The Morgan fingerprint density at radius 1 is 1.20 bits per heavy atom. The zero-order valence-electron chi connectivity index (χ0n) is 15.2. The van der Waals surface area contributed by atoms with Gasteiger partial charge in [-0.1, -0.05) is 24.3 Å². The predicted molar refractivity (Wildman–Crippen MR) is 98.4 cm³/mol. The van der Waals surface area contributed by atoms with Crippen molar-refractivity contribution in [2.75, 3.05) is 26.7 Å². The molecule has 0 bridgehead atoms. The average molecular weight is 338 g/mol. The molecule has 5 heteroatoms. The highest BCUT2D eigenvalue weighted by Crippen LogP contribution is 2.44. The van der Waals surface area contributed by atoms with Crippen LogP contribution in [0.2, 0.25) is 0 Å². The third-order valence-electron chi connectivity index (χ3n) is 5.78. The number of nitrogens with one attached hydrogen (secondary N) is 1. The summed E-state index contributed by atoms with van der Waals surface area (Å²) in [6.45, 7) is 8.12. The van der Waals surface area contributed by atoms with Gasteiger partial charge in [-0.25, -0.2) is 4.98 Å². The van der Waals surface area contributed by atoms with Crippen LogP contribution in [0.4, 0.5) is 0 Å². The van der Waals surface area contributed by atoms with Gasteiger partial charge in [0.15, 0.2) is 0 Å². The molecule has 2 aromatic rings. The van der Waals surface area contributed by atoms with Crippen LogP contribution in [0.25, 0.3) is 0 Å². The molecule has 0 saturated carbocycles. The highest BCUT2D eigenvalue weighted by Gasteiger charge is 2.46. The number of aryl methyl sites for hydroxylation is 2. The Morgan fingerprint density at radius 3 is 2.76 bits per heavy atom. The third kappa shape index (κ3) is 3.14. The molecular weight excluding hydrogens is 312 g/mol. The monoisotopic (exact) mass is 338 g/mol. The molecule has 2 aliphatic heterocycles. The molecule has 2 aliphatic rings. The van der Waals surface area contributed by atoms with Gasteiger partial charge in [0.2, 0.25) is 0 Å². The normalized spacial score (nSPS) is 26.9. The van der Waals surface area contributed by atoms with Crippen LogP contribution in [-0.2, 0) is 6.54 Å². The molecule has 132 valence electrons. The van der Waals surface area contributed by atoms with Gasteiger partial charge in [0.25, 0.3) is 5.56 Å². The Labute approximate surface area is 148 Å². The molecule has 3 heterocycles. The molecular formula is C20H26N4O. The molecule has 0 aliphatic carbocycles. The Morgan fingerprint density at radius 2 is 2.00 bits per heavy atom. The van der Waals surface area contributed by atoms with Crippen LogP contribution < -0.4 is 5.56 Å². The van der Waals surface area contributed by atoms with Crippen molar-refractivity contribution < 1.29 is 0 Å². The molecule has 2 fully saturated rings. The van der Waals surface area contributed by atoms with Crippen LogP contribution in [0.3, 0.4) is 0 Å². The molecule has 1 aromatic heterocycles. The van der Waals surface area contributed by atoms with Crippen molar-refractivity contribution in [1.82, 2.24) is 19.8 Å². The van der Waals surface area contributed by atoms with E-state index in [1.54, 1.807) is 6.07 Å². The van der Waals surface area contributed by atoms with Crippen molar-refractivity contribution in [3.05, 3.63) is 63.3 Å². The lowest BCUT2D eigenvalue weighted by Gasteiger charge is -2.28. The fourth-order valence-electron chi connectivity index (χ4n) is 4.82. The van der Waals surface area contributed by atoms with E-state index in [1.165, 1.54) is 11.1 Å². The fraction of sp³-hybridized carbons (Fsp3) is 0.500. The zero-order valence-corrected chi connectivity index (χ0v) is 15.2. The van der Waals surface area contributed by atoms with E-state index in [-0.39, 0.29) is 5.56 Å². The number of hydrogen-bond acceptors (Lipinski definition) is 4. The maximum absolute atomic E-state index is 11.7. The highest BCUT2D eigenvalue weighted by molar-refractivity contribution is 5.31. The first-order chi connectivity index (χ1) is 12.0. The Balaban J connectivity index is 1.53. The second-order valence-corrected chi connectivity index (χ2v) is 7.68. The van der Waals surface area contributed by atoms with Crippen LogP contribution in [0, 0.1) is 25.7 Å². The Hall–Kier alpha value is -1.98. The van der Waals surface area contributed by atoms with E-state index in [1.807, 2.05) is 6.92 Å². The van der Waals surface area contributed by atoms with Crippen molar-refractivity contribution in [1.29, 1.82) is 0 Å². The minimum Gasteiger partial charge on any atom is -0.311 e. The van der Waals surface area contributed by atoms with Crippen LogP contribution in [0.15, 0.2) is 35.1 Å².